The summed E-state index contributed by atoms with van der Waals surface area (Å²) in [5, 5.41) is 17.8. The molecule has 0 spiro atoms. The lowest BCUT2D eigenvalue weighted by Crippen LogP contribution is -2.27. The van der Waals surface area contributed by atoms with Gasteiger partial charge in [0, 0.05) is 41.1 Å². The highest BCUT2D eigenvalue weighted by atomic mass is 19.1. The molecule has 0 saturated heterocycles. The van der Waals surface area contributed by atoms with Crippen LogP contribution in [0.2, 0.25) is 0 Å². The number of methoxy groups -OCH3 is 1. The molecule has 0 aliphatic carbocycles. The molecule has 0 aliphatic heterocycles. The van der Waals surface area contributed by atoms with Crippen LogP contribution >= 0.6 is 0 Å². The third-order valence-electron chi connectivity index (χ3n) is 5.79. The van der Waals surface area contributed by atoms with Crippen LogP contribution in [0.1, 0.15) is 35.6 Å². The number of hydrogen-bond donors (Lipinski definition) is 3. The number of nitrogens with two attached hydrogens (primary N) is 1. The first-order valence-corrected chi connectivity index (χ1v) is 10.6. The van der Waals surface area contributed by atoms with Crippen LogP contribution in [0.3, 0.4) is 0 Å². The number of aromatic nitrogens is 2. The standard InChI is InChI=1S/C26H25FN4O3/c1-26(2,14-34-3)23-22(15-4-6-16(7-5-15)25(32)33)19-12-20(29)21(13-28)30-24(19)31(23)18-10-8-17(27)9-11-18/h4-13,28H,14,29H2,1-3H3,(H,32,33). The monoisotopic (exact) mass is 460 g/mol. The average molecular weight is 461 g/mol. The van der Waals surface area contributed by atoms with Crippen molar-refractivity contribution in [2.75, 3.05) is 19.5 Å². The summed E-state index contributed by atoms with van der Waals surface area (Å²) in [4.78, 5) is 16.1. The van der Waals surface area contributed by atoms with Gasteiger partial charge in [-0.05, 0) is 48.0 Å². The third kappa shape index (κ3) is 3.92. The molecule has 0 fully saturated rings. The smallest absolute Gasteiger partial charge is 0.335 e. The highest BCUT2D eigenvalue weighted by Crippen LogP contribution is 2.43. The van der Waals surface area contributed by atoms with E-state index < -0.39 is 11.4 Å². The molecule has 2 aromatic heterocycles. The van der Waals surface area contributed by atoms with Crippen molar-refractivity contribution in [1.29, 1.82) is 5.41 Å². The Balaban J connectivity index is 2.18. The zero-order valence-corrected chi connectivity index (χ0v) is 19.1. The van der Waals surface area contributed by atoms with Crippen molar-refractivity contribution in [2.45, 2.75) is 19.3 Å². The number of carboxylic acid groups (broad SMARTS) is 1. The first kappa shape index (κ1) is 23.1. The summed E-state index contributed by atoms with van der Waals surface area (Å²) in [5.41, 5.74) is 10.2. The van der Waals surface area contributed by atoms with Crippen LogP contribution in [-0.2, 0) is 10.2 Å². The quantitative estimate of drug-likeness (QED) is 0.335. The van der Waals surface area contributed by atoms with E-state index >= 15 is 0 Å². The average Bonchev–Trinajstić information content (AvgIpc) is 3.13. The predicted octanol–water partition coefficient (Wildman–Crippen LogP) is 5.03. The predicted molar refractivity (Wildman–Crippen MR) is 131 cm³/mol. The molecule has 4 aromatic rings. The van der Waals surface area contributed by atoms with Gasteiger partial charge in [-0.1, -0.05) is 26.0 Å². The van der Waals surface area contributed by atoms with Gasteiger partial charge in [0.1, 0.15) is 17.2 Å². The number of hydrogen-bond acceptors (Lipinski definition) is 5. The summed E-state index contributed by atoms with van der Waals surface area (Å²) in [5.74, 6) is -1.37. The van der Waals surface area contributed by atoms with E-state index in [4.69, 9.17) is 15.9 Å². The molecule has 0 atom stereocenters. The summed E-state index contributed by atoms with van der Waals surface area (Å²) in [6.45, 7) is 4.43. The topological polar surface area (TPSA) is 114 Å². The molecule has 0 unspecified atom stereocenters. The second kappa shape index (κ2) is 8.72. The van der Waals surface area contributed by atoms with Gasteiger partial charge >= 0.3 is 5.97 Å². The van der Waals surface area contributed by atoms with Gasteiger partial charge in [0.05, 0.1) is 17.9 Å². The van der Waals surface area contributed by atoms with Crippen LogP contribution in [0.5, 0.6) is 0 Å². The van der Waals surface area contributed by atoms with Gasteiger partial charge < -0.3 is 21.0 Å². The second-order valence-electron chi connectivity index (χ2n) is 8.71. The number of nitrogens with zero attached hydrogens (tertiary/aromatic N) is 2. The van der Waals surface area contributed by atoms with Crippen molar-refractivity contribution in [2.24, 2.45) is 0 Å². The van der Waals surface area contributed by atoms with Gasteiger partial charge in [-0.15, -0.1) is 0 Å². The van der Waals surface area contributed by atoms with Crippen molar-refractivity contribution in [3.8, 4) is 16.8 Å². The molecular weight excluding hydrogens is 435 g/mol. The number of pyridine rings is 1. The Morgan fingerprint density at radius 3 is 2.41 bits per heavy atom. The summed E-state index contributed by atoms with van der Waals surface area (Å²) in [6, 6.07) is 14.5. The van der Waals surface area contributed by atoms with Crippen molar-refractivity contribution in [3.05, 3.63) is 77.4 Å². The first-order valence-electron chi connectivity index (χ1n) is 10.6. The molecule has 34 heavy (non-hydrogen) atoms. The lowest BCUT2D eigenvalue weighted by molar-refractivity contribution is 0.0697. The summed E-state index contributed by atoms with van der Waals surface area (Å²) < 4.78 is 21.3. The molecule has 0 saturated carbocycles. The molecule has 2 aromatic carbocycles. The number of benzene rings is 2. The second-order valence-corrected chi connectivity index (χ2v) is 8.71. The van der Waals surface area contributed by atoms with E-state index in [2.05, 4.69) is 4.98 Å². The molecule has 0 bridgehead atoms. The minimum atomic E-state index is -1.01. The minimum absolute atomic E-state index is 0.174. The van der Waals surface area contributed by atoms with E-state index in [1.165, 1.54) is 12.1 Å². The van der Waals surface area contributed by atoms with Crippen LogP contribution in [0.4, 0.5) is 10.1 Å². The summed E-state index contributed by atoms with van der Waals surface area (Å²) in [6.07, 6.45) is 1.10. The number of rotatable bonds is 7. The molecule has 8 heteroatoms. The minimum Gasteiger partial charge on any atom is -0.478 e. The molecule has 0 amide bonds. The van der Waals surface area contributed by atoms with Gasteiger partial charge in [0.15, 0.2) is 0 Å². The number of aromatic carboxylic acids is 1. The molecule has 174 valence electrons. The Hall–Kier alpha value is -4.04. The number of anilines is 1. The fourth-order valence-electron chi connectivity index (χ4n) is 4.33. The SMILES string of the molecule is COCC(C)(C)c1c(-c2ccc(C(=O)O)cc2)c2cc(N)c(C=N)nc2n1-c1ccc(F)cc1. The normalized spacial score (nSPS) is 11.6. The molecule has 4 N–H and O–H groups in total. The van der Waals surface area contributed by atoms with Crippen LogP contribution < -0.4 is 5.73 Å². The van der Waals surface area contributed by atoms with E-state index in [9.17, 15) is 14.3 Å². The number of halogens is 1. The Kier molecular flexibility index (Phi) is 5.93. The lowest BCUT2D eigenvalue weighted by atomic mass is 9.84. The van der Waals surface area contributed by atoms with E-state index in [0.717, 1.165) is 28.4 Å². The lowest BCUT2D eigenvalue weighted by Gasteiger charge is -2.28. The molecular formula is C26H25FN4O3. The fourth-order valence-corrected chi connectivity index (χ4v) is 4.33. The van der Waals surface area contributed by atoms with E-state index in [1.807, 2.05) is 18.4 Å². The van der Waals surface area contributed by atoms with Crippen LogP contribution in [0, 0.1) is 11.2 Å². The number of ether oxygens (including phenoxy) is 1. The van der Waals surface area contributed by atoms with E-state index in [-0.39, 0.29) is 11.4 Å². The van der Waals surface area contributed by atoms with Crippen LogP contribution in [-0.4, -0.2) is 40.6 Å². The van der Waals surface area contributed by atoms with E-state index in [0.29, 0.717) is 29.3 Å². The van der Waals surface area contributed by atoms with Gasteiger partial charge in [0.25, 0.3) is 0 Å². The number of carbonyl (C=O) groups is 1. The fraction of sp³-hybridized carbons (Fsp3) is 0.192. The van der Waals surface area contributed by atoms with E-state index in [1.54, 1.807) is 49.6 Å². The molecule has 0 radical (unpaired) electrons. The van der Waals surface area contributed by atoms with Crippen molar-refractivity contribution < 1.29 is 19.0 Å². The Labute approximate surface area is 196 Å². The largest absolute Gasteiger partial charge is 0.478 e. The molecule has 4 rings (SSSR count). The molecule has 2 heterocycles. The molecule has 0 aliphatic rings. The Morgan fingerprint density at radius 1 is 1.21 bits per heavy atom. The third-order valence-corrected chi connectivity index (χ3v) is 5.79. The van der Waals surface area contributed by atoms with Crippen LogP contribution in [0.25, 0.3) is 27.8 Å². The van der Waals surface area contributed by atoms with Crippen LogP contribution in [0.15, 0.2) is 54.6 Å². The first-order chi connectivity index (χ1) is 16.2. The number of carboxylic acids is 1. The maximum atomic E-state index is 13.8. The van der Waals surface area contributed by atoms with Crippen molar-refractivity contribution >= 4 is 28.9 Å². The zero-order chi connectivity index (χ0) is 24.6. The summed E-state index contributed by atoms with van der Waals surface area (Å²) >= 11 is 0. The highest BCUT2D eigenvalue weighted by Gasteiger charge is 2.33. The van der Waals surface area contributed by atoms with Gasteiger partial charge in [-0.25, -0.2) is 14.2 Å². The van der Waals surface area contributed by atoms with Crippen molar-refractivity contribution in [1.82, 2.24) is 9.55 Å². The van der Waals surface area contributed by atoms with Gasteiger partial charge in [0.2, 0.25) is 0 Å². The number of fused-ring (bicyclic) bond motifs is 1. The summed E-state index contributed by atoms with van der Waals surface area (Å²) in [7, 11) is 1.62. The molecule has 7 nitrogen and oxygen atoms in total. The highest BCUT2D eigenvalue weighted by molar-refractivity contribution is 6.02. The maximum absolute atomic E-state index is 13.8. The Morgan fingerprint density at radius 2 is 1.85 bits per heavy atom. The maximum Gasteiger partial charge on any atom is 0.335 e. The number of nitrogen functional groups attached to an aromatic ring is 1. The van der Waals surface area contributed by atoms with Crippen molar-refractivity contribution in [3.63, 3.8) is 0 Å². The van der Waals surface area contributed by atoms with Gasteiger partial charge in [-0.2, -0.15) is 0 Å². The zero-order valence-electron chi connectivity index (χ0n) is 19.1. The Bertz CT molecular complexity index is 1390. The van der Waals surface area contributed by atoms with Gasteiger partial charge in [-0.3, -0.25) is 4.57 Å². The number of nitrogens with one attached hydrogen (secondary N) is 1.